The van der Waals surface area contributed by atoms with Crippen LogP contribution in [0.2, 0.25) is 0 Å². The number of fused-ring (bicyclic) bond motifs is 4. The molecule has 0 atom stereocenters. The molecule has 4 nitrogen and oxygen atoms in total. The van der Waals surface area contributed by atoms with Crippen LogP contribution in [0.25, 0.3) is 55.4 Å². The summed E-state index contributed by atoms with van der Waals surface area (Å²) in [6, 6.07) is 27.5. The van der Waals surface area contributed by atoms with Crippen molar-refractivity contribution < 1.29 is 8.98 Å². The zero-order valence-corrected chi connectivity index (χ0v) is 22.5. The van der Waals surface area contributed by atoms with Crippen molar-refractivity contribution in [1.82, 2.24) is 4.98 Å². The van der Waals surface area contributed by atoms with Gasteiger partial charge in [-0.15, -0.1) is 0 Å². The van der Waals surface area contributed by atoms with Gasteiger partial charge in [-0.1, -0.05) is 57.2 Å². The van der Waals surface area contributed by atoms with Crippen molar-refractivity contribution in [2.75, 3.05) is 0 Å². The van der Waals surface area contributed by atoms with Crippen molar-refractivity contribution in [2.24, 2.45) is 12.5 Å². The number of nitriles is 1. The summed E-state index contributed by atoms with van der Waals surface area (Å²) < 4.78 is 8.66. The lowest BCUT2D eigenvalue weighted by Crippen LogP contribution is -2.31. The highest BCUT2D eigenvalue weighted by atomic mass is 16.3. The molecule has 0 N–H and O–H groups in total. The molecule has 6 rings (SSSR count). The molecule has 0 amide bonds. The molecule has 3 aromatic carbocycles. The molecule has 3 aromatic heterocycles. The monoisotopic (exact) mass is 496 g/mol. The van der Waals surface area contributed by atoms with Crippen LogP contribution in [0, 0.1) is 23.7 Å². The molecule has 38 heavy (non-hydrogen) atoms. The van der Waals surface area contributed by atoms with Gasteiger partial charge >= 0.3 is 0 Å². The van der Waals surface area contributed by atoms with E-state index >= 15 is 0 Å². The summed E-state index contributed by atoms with van der Waals surface area (Å²) in [6.07, 6.45) is 3.08. The highest BCUT2D eigenvalue weighted by Gasteiger charge is 2.25. The minimum atomic E-state index is 0.175. The van der Waals surface area contributed by atoms with Crippen LogP contribution < -0.4 is 4.57 Å². The number of aromatic nitrogens is 2. The van der Waals surface area contributed by atoms with Crippen molar-refractivity contribution in [2.45, 2.75) is 34.1 Å². The second-order valence-corrected chi connectivity index (χ2v) is 11.4. The van der Waals surface area contributed by atoms with Crippen LogP contribution in [0.15, 0.2) is 83.4 Å². The van der Waals surface area contributed by atoms with Crippen LogP contribution in [0.3, 0.4) is 0 Å². The maximum Gasteiger partial charge on any atom is 0.227 e. The normalized spacial score (nSPS) is 11.9. The third kappa shape index (κ3) is 4.11. The highest BCUT2D eigenvalue weighted by Crippen LogP contribution is 2.40. The van der Waals surface area contributed by atoms with E-state index in [2.05, 4.69) is 87.1 Å². The molecule has 0 radical (unpaired) electrons. The largest absolute Gasteiger partial charge is 0.437 e. The SMILES string of the molecule is Cc1cc(C#N)c2c(oc3nc(-c4ccc5ccccc5c4)ccc32)c1-c1cc(CC(C)(C)C)cc[n+]1C. The molecule has 0 unspecified atom stereocenters. The zero-order chi connectivity index (χ0) is 26.6. The van der Waals surface area contributed by atoms with E-state index in [1.54, 1.807) is 0 Å². The Kier molecular flexibility index (Phi) is 5.54. The van der Waals surface area contributed by atoms with Crippen molar-refractivity contribution >= 4 is 32.8 Å². The second kappa shape index (κ2) is 8.82. The van der Waals surface area contributed by atoms with E-state index < -0.39 is 0 Å². The van der Waals surface area contributed by atoms with Gasteiger partial charge in [-0.25, -0.2) is 9.55 Å². The van der Waals surface area contributed by atoms with Crippen molar-refractivity contribution in [3.05, 3.63) is 95.7 Å². The lowest BCUT2D eigenvalue weighted by molar-refractivity contribution is -0.660. The lowest BCUT2D eigenvalue weighted by Gasteiger charge is -2.18. The second-order valence-electron chi connectivity index (χ2n) is 11.4. The Balaban J connectivity index is 1.58. The highest BCUT2D eigenvalue weighted by molar-refractivity contribution is 6.12. The first-order valence-corrected chi connectivity index (χ1v) is 13.0. The fraction of sp³-hybridized carbons (Fsp3) is 0.206. The average molecular weight is 497 g/mol. The van der Waals surface area contributed by atoms with E-state index in [4.69, 9.17) is 9.40 Å². The predicted octanol–water partition coefficient (Wildman–Crippen LogP) is 8.06. The summed E-state index contributed by atoms with van der Waals surface area (Å²) >= 11 is 0. The van der Waals surface area contributed by atoms with Crippen LogP contribution in [-0.2, 0) is 13.5 Å². The van der Waals surface area contributed by atoms with Gasteiger partial charge in [0.25, 0.3) is 0 Å². The summed E-state index contributed by atoms with van der Waals surface area (Å²) in [5, 5.41) is 14.1. The Bertz CT molecular complexity index is 1920. The number of nitrogens with zero attached hydrogens (tertiary/aromatic N) is 3. The van der Waals surface area contributed by atoms with Gasteiger partial charge in [0, 0.05) is 28.5 Å². The molecule has 0 spiro atoms. The van der Waals surface area contributed by atoms with Crippen LogP contribution in [0.4, 0.5) is 0 Å². The van der Waals surface area contributed by atoms with Gasteiger partial charge < -0.3 is 4.42 Å². The molecule has 0 bridgehead atoms. The third-order valence-corrected chi connectivity index (χ3v) is 7.18. The van der Waals surface area contributed by atoms with Gasteiger partial charge in [0.15, 0.2) is 11.8 Å². The molecule has 6 aromatic rings. The van der Waals surface area contributed by atoms with E-state index in [1.165, 1.54) is 16.3 Å². The lowest BCUT2D eigenvalue weighted by atomic mass is 9.87. The topological polar surface area (TPSA) is 53.7 Å². The zero-order valence-electron chi connectivity index (χ0n) is 22.5. The molecule has 4 heteroatoms. The fourth-order valence-corrected chi connectivity index (χ4v) is 5.46. The number of rotatable bonds is 3. The Morgan fingerprint density at radius 2 is 1.74 bits per heavy atom. The van der Waals surface area contributed by atoms with Crippen molar-refractivity contribution in [3.63, 3.8) is 0 Å². The minimum Gasteiger partial charge on any atom is -0.437 e. The molecule has 0 saturated heterocycles. The summed E-state index contributed by atoms with van der Waals surface area (Å²) in [5.41, 5.74) is 8.26. The minimum absolute atomic E-state index is 0.175. The summed E-state index contributed by atoms with van der Waals surface area (Å²) in [7, 11) is 2.05. The quantitative estimate of drug-likeness (QED) is 0.233. The average Bonchev–Trinajstić information content (AvgIpc) is 3.27. The van der Waals surface area contributed by atoms with Crippen LogP contribution in [0.1, 0.15) is 37.5 Å². The first-order valence-electron chi connectivity index (χ1n) is 13.0. The van der Waals surface area contributed by atoms with Gasteiger partial charge in [-0.2, -0.15) is 5.26 Å². The number of furan rings is 1. The van der Waals surface area contributed by atoms with E-state index in [0.29, 0.717) is 16.9 Å². The number of hydrogen-bond donors (Lipinski definition) is 0. The maximum atomic E-state index is 10.0. The summed E-state index contributed by atoms with van der Waals surface area (Å²) in [4.78, 5) is 4.93. The van der Waals surface area contributed by atoms with E-state index in [-0.39, 0.29) is 5.41 Å². The van der Waals surface area contributed by atoms with E-state index in [1.807, 2.05) is 37.3 Å². The summed E-state index contributed by atoms with van der Waals surface area (Å²) in [5.74, 6) is 0. The third-order valence-electron chi connectivity index (χ3n) is 7.18. The number of aryl methyl sites for hydroxylation is 2. The standard InChI is InChI=1S/C34H30N3O/c1-21-16-26(20-35)31-27-12-13-28(25-11-10-23-8-6-7-9-24(23)18-25)36-33(27)38-32(31)30(21)29-17-22(14-15-37(29)5)19-34(2,3)4/h6-18H,19H2,1-5H3/q+1. The molecule has 3 heterocycles. The molecule has 0 saturated carbocycles. The number of benzene rings is 3. The molecule has 0 fully saturated rings. The summed E-state index contributed by atoms with van der Waals surface area (Å²) in [6.45, 7) is 8.81. The maximum absolute atomic E-state index is 10.0. The van der Waals surface area contributed by atoms with Crippen LogP contribution >= 0.6 is 0 Å². The number of hydrogen-bond acceptors (Lipinski definition) is 3. The Morgan fingerprint density at radius 3 is 2.50 bits per heavy atom. The molecular formula is C34H30N3O+. The van der Waals surface area contributed by atoms with Gasteiger partial charge in [0.1, 0.15) is 7.05 Å². The number of pyridine rings is 2. The first-order chi connectivity index (χ1) is 18.2. The smallest absolute Gasteiger partial charge is 0.227 e. The van der Waals surface area contributed by atoms with Gasteiger partial charge in [-0.05, 0) is 64.9 Å². The predicted molar refractivity (Wildman–Crippen MR) is 154 cm³/mol. The van der Waals surface area contributed by atoms with E-state index in [9.17, 15) is 5.26 Å². The Morgan fingerprint density at radius 1 is 0.947 bits per heavy atom. The van der Waals surface area contributed by atoms with Crippen molar-refractivity contribution in [3.8, 4) is 28.6 Å². The molecular weight excluding hydrogens is 466 g/mol. The van der Waals surface area contributed by atoms with Crippen LogP contribution in [-0.4, -0.2) is 4.98 Å². The Hall–Kier alpha value is -4.49. The Labute approximate surface area is 222 Å². The molecule has 186 valence electrons. The van der Waals surface area contributed by atoms with Gasteiger partial charge in [0.05, 0.1) is 22.9 Å². The molecule has 0 aliphatic heterocycles. The molecule has 0 aliphatic carbocycles. The van der Waals surface area contributed by atoms with Crippen molar-refractivity contribution in [1.29, 1.82) is 5.26 Å². The van der Waals surface area contributed by atoms with E-state index in [0.717, 1.165) is 45.3 Å². The van der Waals surface area contributed by atoms with Gasteiger partial charge in [-0.3, -0.25) is 0 Å². The van der Waals surface area contributed by atoms with Crippen LogP contribution in [0.5, 0.6) is 0 Å². The molecule has 0 aliphatic rings. The first kappa shape index (κ1) is 23.9. The van der Waals surface area contributed by atoms with Gasteiger partial charge in [0.2, 0.25) is 11.4 Å². The fourth-order valence-electron chi connectivity index (χ4n) is 5.46.